The Hall–Kier alpha value is -2.75. The Morgan fingerprint density at radius 2 is 1.82 bits per heavy atom. The Balaban J connectivity index is 1.46. The number of ether oxygens (including phenoxy) is 2. The third kappa shape index (κ3) is 6.02. The number of amides is 1. The summed E-state index contributed by atoms with van der Waals surface area (Å²) < 4.78 is 18.2. The minimum Gasteiger partial charge on any atom is -0.490 e. The molecule has 0 atom stereocenters. The molecule has 4 rings (SSSR count). The third-order valence-electron chi connectivity index (χ3n) is 4.71. The van der Waals surface area contributed by atoms with Crippen molar-refractivity contribution in [3.63, 3.8) is 0 Å². The topological polar surface area (TPSA) is 73.1 Å². The fourth-order valence-electron chi connectivity index (χ4n) is 3.15. The summed E-state index contributed by atoms with van der Waals surface area (Å²) in [6.07, 6.45) is 1.53. The lowest BCUT2D eigenvalue weighted by atomic mass is 10.2. The SMILES string of the molecule is CCOc1cc(/C=N/NC(=O)c2cc3cc(Cl)ccc3o2)cc(I)c1OCc1ccc(Cl)cc1. The fourth-order valence-corrected chi connectivity index (χ4v) is 4.24. The molecule has 0 fully saturated rings. The lowest BCUT2D eigenvalue weighted by Gasteiger charge is -2.14. The number of rotatable bonds is 8. The maximum absolute atomic E-state index is 12.4. The van der Waals surface area contributed by atoms with E-state index in [1.807, 2.05) is 43.3 Å². The normalized spacial score (nSPS) is 11.2. The van der Waals surface area contributed by atoms with Gasteiger partial charge in [0.2, 0.25) is 0 Å². The Kier molecular flexibility index (Phi) is 7.97. The standard InChI is InChI=1S/C25H19Cl2IN2O4/c1-2-32-22-10-16(9-20(28)24(22)33-14-15-3-5-18(26)6-4-15)13-29-30-25(31)23-12-17-11-19(27)7-8-21(17)34-23/h3-13H,2,14H2,1H3,(H,30,31)/b29-13+. The van der Waals surface area contributed by atoms with E-state index in [-0.39, 0.29) is 5.76 Å². The van der Waals surface area contributed by atoms with E-state index < -0.39 is 5.91 Å². The minimum absolute atomic E-state index is 0.143. The fraction of sp³-hybridized carbons (Fsp3) is 0.120. The Morgan fingerprint density at radius 3 is 2.59 bits per heavy atom. The molecule has 3 aromatic carbocycles. The lowest BCUT2D eigenvalue weighted by Crippen LogP contribution is -2.16. The van der Waals surface area contributed by atoms with Crippen LogP contribution in [0.5, 0.6) is 11.5 Å². The molecule has 1 amide bonds. The molecule has 1 aromatic heterocycles. The van der Waals surface area contributed by atoms with E-state index >= 15 is 0 Å². The summed E-state index contributed by atoms with van der Waals surface area (Å²) in [6, 6.07) is 17.9. The van der Waals surface area contributed by atoms with Gasteiger partial charge in [-0.2, -0.15) is 5.10 Å². The first-order valence-corrected chi connectivity index (χ1v) is 12.1. The zero-order chi connectivity index (χ0) is 24.1. The van der Waals surface area contributed by atoms with E-state index in [0.29, 0.717) is 40.3 Å². The molecule has 0 aliphatic carbocycles. The molecule has 0 spiro atoms. The van der Waals surface area contributed by atoms with Crippen LogP contribution in [0.15, 0.2) is 70.2 Å². The van der Waals surface area contributed by atoms with Crippen molar-refractivity contribution in [3.8, 4) is 11.5 Å². The molecule has 9 heteroatoms. The maximum Gasteiger partial charge on any atom is 0.307 e. The molecule has 6 nitrogen and oxygen atoms in total. The van der Waals surface area contributed by atoms with Crippen molar-refractivity contribution in [2.75, 3.05) is 6.61 Å². The quantitative estimate of drug-likeness (QED) is 0.132. The highest BCUT2D eigenvalue weighted by Crippen LogP contribution is 2.34. The van der Waals surface area contributed by atoms with Gasteiger partial charge in [0.25, 0.3) is 0 Å². The van der Waals surface area contributed by atoms with E-state index in [4.69, 9.17) is 37.1 Å². The molecule has 0 radical (unpaired) electrons. The number of halogens is 3. The van der Waals surface area contributed by atoms with Gasteiger partial charge in [0.15, 0.2) is 17.3 Å². The Labute approximate surface area is 220 Å². The zero-order valence-corrected chi connectivity index (χ0v) is 21.6. The summed E-state index contributed by atoms with van der Waals surface area (Å²) in [5.41, 5.74) is 4.78. The van der Waals surface area contributed by atoms with Crippen LogP contribution >= 0.6 is 45.8 Å². The minimum atomic E-state index is -0.466. The van der Waals surface area contributed by atoms with Crippen LogP contribution in [0, 0.1) is 3.57 Å². The predicted molar refractivity (Wildman–Crippen MR) is 142 cm³/mol. The highest BCUT2D eigenvalue weighted by Gasteiger charge is 2.14. The largest absolute Gasteiger partial charge is 0.490 e. The predicted octanol–water partition coefficient (Wildman–Crippen LogP) is 7.09. The van der Waals surface area contributed by atoms with Gasteiger partial charge < -0.3 is 13.9 Å². The number of nitrogens with one attached hydrogen (secondary N) is 1. The van der Waals surface area contributed by atoms with Crippen LogP contribution in [0.4, 0.5) is 0 Å². The number of hydrogen-bond acceptors (Lipinski definition) is 5. The molecule has 1 N–H and O–H groups in total. The number of nitrogens with zero attached hydrogens (tertiary/aromatic N) is 1. The van der Waals surface area contributed by atoms with Crippen molar-refractivity contribution in [3.05, 3.63) is 91.2 Å². The molecule has 0 saturated carbocycles. The van der Waals surface area contributed by atoms with Gasteiger partial charge >= 0.3 is 5.91 Å². The van der Waals surface area contributed by atoms with Crippen LogP contribution in [0.3, 0.4) is 0 Å². The first kappa shape index (κ1) is 24.4. The lowest BCUT2D eigenvalue weighted by molar-refractivity contribution is 0.0929. The van der Waals surface area contributed by atoms with Gasteiger partial charge in [-0.15, -0.1) is 0 Å². The van der Waals surface area contributed by atoms with E-state index in [1.165, 1.54) is 6.21 Å². The highest BCUT2D eigenvalue weighted by molar-refractivity contribution is 14.1. The first-order valence-electron chi connectivity index (χ1n) is 10.3. The van der Waals surface area contributed by atoms with Crippen LogP contribution in [-0.4, -0.2) is 18.7 Å². The highest BCUT2D eigenvalue weighted by atomic mass is 127. The summed E-state index contributed by atoms with van der Waals surface area (Å²) in [5, 5.41) is 6.04. The zero-order valence-electron chi connectivity index (χ0n) is 18.0. The first-order chi connectivity index (χ1) is 16.4. The molecule has 1 heterocycles. The van der Waals surface area contributed by atoms with Gasteiger partial charge in [0.1, 0.15) is 12.2 Å². The third-order valence-corrected chi connectivity index (χ3v) is 6.00. The molecule has 34 heavy (non-hydrogen) atoms. The van der Waals surface area contributed by atoms with Crippen LogP contribution in [0.25, 0.3) is 11.0 Å². The molecule has 0 saturated heterocycles. The van der Waals surface area contributed by atoms with Crippen LogP contribution in [-0.2, 0) is 6.61 Å². The second-order valence-corrected chi connectivity index (χ2v) is 9.21. The van der Waals surface area contributed by atoms with Gasteiger partial charge in [-0.05, 0) is 89.2 Å². The van der Waals surface area contributed by atoms with Gasteiger partial charge in [0, 0.05) is 15.4 Å². The number of fused-ring (bicyclic) bond motifs is 1. The summed E-state index contributed by atoms with van der Waals surface area (Å²) in [6.45, 7) is 2.75. The van der Waals surface area contributed by atoms with Crippen molar-refractivity contribution in [1.29, 1.82) is 0 Å². The molecular weight excluding hydrogens is 590 g/mol. The average molecular weight is 609 g/mol. The van der Waals surface area contributed by atoms with Crippen molar-refractivity contribution in [2.24, 2.45) is 5.10 Å². The smallest absolute Gasteiger partial charge is 0.307 e. The number of carbonyl (C=O) groups is 1. The number of benzene rings is 3. The number of hydrazone groups is 1. The van der Waals surface area contributed by atoms with Crippen LogP contribution < -0.4 is 14.9 Å². The second kappa shape index (κ2) is 11.1. The number of hydrogen-bond donors (Lipinski definition) is 1. The second-order valence-electron chi connectivity index (χ2n) is 7.17. The van der Waals surface area contributed by atoms with Gasteiger partial charge in [-0.3, -0.25) is 4.79 Å². The number of furan rings is 1. The monoisotopic (exact) mass is 608 g/mol. The molecule has 174 valence electrons. The van der Waals surface area contributed by atoms with Crippen LogP contribution in [0.2, 0.25) is 10.0 Å². The van der Waals surface area contributed by atoms with Gasteiger partial charge in [-0.1, -0.05) is 35.3 Å². The molecule has 4 aromatic rings. The van der Waals surface area contributed by atoms with E-state index in [2.05, 4.69) is 33.1 Å². The molecule has 0 aliphatic rings. The summed E-state index contributed by atoms with van der Waals surface area (Å²) in [4.78, 5) is 12.4. The average Bonchev–Trinajstić information content (AvgIpc) is 3.23. The molecule has 0 aliphatic heterocycles. The van der Waals surface area contributed by atoms with E-state index in [9.17, 15) is 4.79 Å². The van der Waals surface area contributed by atoms with Gasteiger partial charge in [-0.25, -0.2) is 5.43 Å². The molecular formula is C25H19Cl2IN2O4. The van der Waals surface area contributed by atoms with Crippen molar-refractivity contribution >= 4 is 68.9 Å². The maximum atomic E-state index is 12.4. The van der Waals surface area contributed by atoms with E-state index in [0.717, 1.165) is 20.1 Å². The van der Waals surface area contributed by atoms with Crippen molar-refractivity contribution in [1.82, 2.24) is 5.43 Å². The van der Waals surface area contributed by atoms with Crippen molar-refractivity contribution < 1.29 is 18.7 Å². The molecule has 0 unspecified atom stereocenters. The van der Waals surface area contributed by atoms with E-state index in [1.54, 1.807) is 24.3 Å². The van der Waals surface area contributed by atoms with Crippen LogP contribution in [0.1, 0.15) is 28.6 Å². The number of carbonyl (C=O) groups excluding carboxylic acids is 1. The van der Waals surface area contributed by atoms with Crippen molar-refractivity contribution in [2.45, 2.75) is 13.5 Å². The summed E-state index contributed by atoms with van der Waals surface area (Å²) in [7, 11) is 0. The summed E-state index contributed by atoms with van der Waals surface area (Å²) >= 11 is 14.1. The summed E-state index contributed by atoms with van der Waals surface area (Å²) in [5.74, 6) is 0.904. The Bertz CT molecular complexity index is 1350. The molecule has 0 bridgehead atoms. The van der Waals surface area contributed by atoms with Gasteiger partial charge in [0.05, 0.1) is 16.4 Å². The Morgan fingerprint density at radius 1 is 1.06 bits per heavy atom.